The Morgan fingerprint density at radius 2 is 1.88 bits per heavy atom. The molecule has 0 aliphatic carbocycles. The van der Waals surface area contributed by atoms with Crippen molar-refractivity contribution in [2.24, 2.45) is 0 Å². The number of nitrogens with zero attached hydrogens (tertiary/aromatic N) is 3. The molecule has 2 heterocycles. The van der Waals surface area contributed by atoms with Gasteiger partial charge in [-0.05, 0) is 31.2 Å². The van der Waals surface area contributed by atoms with Gasteiger partial charge in [0.05, 0.1) is 6.20 Å². The van der Waals surface area contributed by atoms with Crippen molar-refractivity contribution in [2.45, 2.75) is 6.92 Å². The molecule has 2 amide bonds. The molecular weight excluding hydrogens is 330 g/mol. The van der Waals surface area contributed by atoms with Crippen molar-refractivity contribution >= 4 is 34.5 Å². The van der Waals surface area contributed by atoms with Crippen molar-refractivity contribution in [3.05, 3.63) is 48.2 Å². The summed E-state index contributed by atoms with van der Waals surface area (Å²) in [7, 11) is 0. The maximum atomic E-state index is 13.3. The molecule has 0 radical (unpaired) electrons. The van der Waals surface area contributed by atoms with Gasteiger partial charge < -0.3 is 10.6 Å². The molecule has 0 bridgehead atoms. The van der Waals surface area contributed by atoms with E-state index in [9.17, 15) is 13.6 Å². The first kappa shape index (κ1) is 16.5. The van der Waals surface area contributed by atoms with Crippen LogP contribution in [0.5, 0.6) is 0 Å². The van der Waals surface area contributed by atoms with Crippen LogP contribution in [-0.4, -0.2) is 27.5 Å². The number of rotatable bonds is 4. The molecule has 25 heavy (non-hydrogen) atoms. The molecule has 0 saturated carbocycles. The summed E-state index contributed by atoms with van der Waals surface area (Å²) < 4.78 is 26.2. The molecule has 3 N–H and O–H groups in total. The Bertz CT molecular complexity index is 934. The fourth-order valence-corrected chi connectivity index (χ4v) is 2.07. The third kappa shape index (κ3) is 3.94. The topological polar surface area (TPSA) is 91.8 Å². The fraction of sp³-hybridized carbons (Fsp3) is 0.125. The van der Waals surface area contributed by atoms with Gasteiger partial charge in [0.15, 0.2) is 23.1 Å². The van der Waals surface area contributed by atoms with Gasteiger partial charge in [-0.1, -0.05) is 0 Å². The summed E-state index contributed by atoms with van der Waals surface area (Å²) >= 11 is 0. The number of carbonyl (C=O) groups excluding carboxylic acids is 1. The smallest absolute Gasteiger partial charge is 0.320 e. The first-order chi connectivity index (χ1) is 12.0. The molecule has 2 aromatic heterocycles. The molecule has 7 nitrogen and oxygen atoms in total. The second-order valence-electron chi connectivity index (χ2n) is 5.03. The number of amides is 2. The summed E-state index contributed by atoms with van der Waals surface area (Å²) in [6.45, 7) is 2.29. The predicted molar refractivity (Wildman–Crippen MR) is 89.7 cm³/mol. The van der Waals surface area contributed by atoms with E-state index in [0.717, 1.165) is 12.1 Å². The van der Waals surface area contributed by atoms with Crippen molar-refractivity contribution in [1.29, 1.82) is 0 Å². The summed E-state index contributed by atoms with van der Waals surface area (Å²) in [6.07, 6.45) is 1.45. The van der Waals surface area contributed by atoms with Crippen LogP contribution in [0.4, 0.5) is 30.9 Å². The molecule has 3 aromatic rings. The Morgan fingerprint density at radius 3 is 2.64 bits per heavy atom. The van der Waals surface area contributed by atoms with E-state index >= 15 is 0 Å². The molecular formula is C16H14F2N6O. The van der Waals surface area contributed by atoms with Gasteiger partial charge in [-0.2, -0.15) is 0 Å². The lowest BCUT2D eigenvalue weighted by Crippen LogP contribution is -2.28. The highest BCUT2D eigenvalue weighted by Crippen LogP contribution is 2.19. The number of fused-ring (bicyclic) bond motifs is 1. The Labute approximate surface area is 141 Å². The highest BCUT2D eigenvalue weighted by atomic mass is 19.2. The van der Waals surface area contributed by atoms with Crippen molar-refractivity contribution in [2.75, 3.05) is 17.2 Å². The molecule has 0 atom stereocenters. The molecule has 0 saturated heterocycles. The van der Waals surface area contributed by atoms with Crippen LogP contribution in [0.25, 0.3) is 11.2 Å². The van der Waals surface area contributed by atoms with Gasteiger partial charge in [0, 0.05) is 18.3 Å². The summed E-state index contributed by atoms with van der Waals surface area (Å²) in [4.78, 5) is 24.2. The summed E-state index contributed by atoms with van der Waals surface area (Å²) in [5.41, 5.74) is 1.14. The van der Waals surface area contributed by atoms with E-state index in [4.69, 9.17) is 0 Å². The Balaban J connectivity index is 1.84. The van der Waals surface area contributed by atoms with Gasteiger partial charge in [0.2, 0.25) is 0 Å². The van der Waals surface area contributed by atoms with E-state index in [1.54, 1.807) is 19.1 Å². The largest absolute Gasteiger partial charge is 0.339 e. The number of carbonyl (C=O) groups is 1. The standard InChI is InChI=1S/C16H14F2N6O/c1-2-19-16(25)24-13-6-5-12-15(22-13)23-14(8-20-12)21-9-3-4-10(17)11(18)7-9/h3-8H,2H2,1H3,(H3,19,21,22,23,24,25). The van der Waals surface area contributed by atoms with Crippen LogP contribution in [0.15, 0.2) is 36.5 Å². The van der Waals surface area contributed by atoms with Crippen LogP contribution in [-0.2, 0) is 0 Å². The molecule has 1 aromatic carbocycles. The van der Waals surface area contributed by atoms with E-state index in [0.29, 0.717) is 35.0 Å². The van der Waals surface area contributed by atoms with Gasteiger partial charge in [-0.3, -0.25) is 5.32 Å². The summed E-state index contributed by atoms with van der Waals surface area (Å²) in [6, 6.07) is 6.30. The molecule has 0 aliphatic heterocycles. The van der Waals surface area contributed by atoms with Crippen molar-refractivity contribution in [3.63, 3.8) is 0 Å². The number of hydrogen-bond acceptors (Lipinski definition) is 5. The average Bonchev–Trinajstić information content (AvgIpc) is 2.58. The van der Waals surface area contributed by atoms with Crippen molar-refractivity contribution in [1.82, 2.24) is 20.3 Å². The summed E-state index contributed by atoms with van der Waals surface area (Å²) in [5.74, 6) is -1.28. The van der Waals surface area contributed by atoms with Gasteiger partial charge in [-0.25, -0.2) is 28.5 Å². The minimum absolute atomic E-state index is 0.293. The number of benzene rings is 1. The zero-order valence-electron chi connectivity index (χ0n) is 13.2. The molecule has 9 heteroatoms. The Morgan fingerprint density at radius 1 is 1.08 bits per heavy atom. The summed E-state index contributed by atoms with van der Waals surface area (Å²) in [5, 5.41) is 7.99. The van der Waals surface area contributed by atoms with Crippen LogP contribution < -0.4 is 16.0 Å². The minimum Gasteiger partial charge on any atom is -0.339 e. The number of hydrogen-bond donors (Lipinski definition) is 3. The molecule has 3 rings (SSSR count). The van der Waals surface area contributed by atoms with Crippen LogP contribution >= 0.6 is 0 Å². The van der Waals surface area contributed by atoms with E-state index in [1.807, 2.05) is 0 Å². The number of halogens is 2. The lowest BCUT2D eigenvalue weighted by molar-refractivity contribution is 0.252. The van der Waals surface area contributed by atoms with Crippen LogP contribution in [0.1, 0.15) is 6.92 Å². The van der Waals surface area contributed by atoms with Gasteiger partial charge in [0.1, 0.15) is 11.3 Å². The van der Waals surface area contributed by atoms with Gasteiger partial charge in [-0.15, -0.1) is 0 Å². The van der Waals surface area contributed by atoms with E-state index in [-0.39, 0.29) is 6.03 Å². The number of pyridine rings is 1. The van der Waals surface area contributed by atoms with E-state index < -0.39 is 11.6 Å². The zero-order valence-corrected chi connectivity index (χ0v) is 13.2. The number of nitrogens with one attached hydrogen (secondary N) is 3. The van der Waals surface area contributed by atoms with Crippen LogP contribution in [0.3, 0.4) is 0 Å². The van der Waals surface area contributed by atoms with Gasteiger partial charge in [0.25, 0.3) is 0 Å². The third-order valence-electron chi connectivity index (χ3n) is 3.18. The maximum Gasteiger partial charge on any atom is 0.320 e. The Hall–Kier alpha value is -3.36. The lowest BCUT2D eigenvalue weighted by Gasteiger charge is -2.08. The fourth-order valence-electron chi connectivity index (χ4n) is 2.07. The third-order valence-corrected chi connectivity index (χ3v) is 3.18. The SMILES string of the molecule is CCNC(=O)Nc1ccc2ncc(Nc3ccc(F)c(F)c3)nc2n1. The highest BCUT2D eigenvalue weighted by molar-refractivity contribution is 5.89. The minimum atomic E-state index is -0.967. The monoisotopic (exact) mass is 344 g/mol. The normalized spacial score (nSPS) is 10.5. The van der Waals surface area contributed by atoms with E-state index in [2.05, 4.69) is 30.9 Å². The van der Waals surface area contributed by atoms with Crippen LogP contribution in [0, 0.1) is 11.6 Å². The average molecular weight is 344 g/mol. The first-order valence-electron chi connectivity index (χ1n) is 7.46. The number of aromatic nitrogens is 3. The molecule has 0 aliphatic rings. The molecule has 128 valence electrons. The van der Waals surface area contributed by atoms with Gasteiger partial charge >= 0.3 is 6.03 Å². The van der Waals surface area contributed by atoms with Crippen molar-refractivity contribution in [3.8, 4) is 0 Å². The predicted octanol–water partition coefficient (Wildman–Crippen LogP) is 3.19. The quantitative estimate of drug-likeness (QED) is 0.676. The Kier molecular flexibility index (Phi) is 4.64. The second kappa shape index (κ2) is 7.04. The number of urea groups is 1. The van der Waals surface area contributed by atoms with Crippen LogP contribution in [0.2, 0.25) is 0 Å². The second-order valence-corrected chi connectivity index (χ2v) is 5.03. The molecule has 0 fully saturated rings. The zero-order chi connectivity index (χ0) is 17.8. The lowest BCUT2D eigenvalue weighted by atomic mass is 10.3. The number of anilines is 3. The molecule has 0 unspecified atom stereocenters. The maximum absolute atomic E-state index is 13.3. The highest BCUT2D eigenvalue weighted by Gasteiger charge is 2.07. The van der Waals surface area contributed by atoms with E-state index in [1.165, 1.54) is 12.3 Å². The van der Waals surface area contributed by atoms with Crippen molar-refractivity contribution < 1.29 is 13.6 Å². The molecule has 0 spiro atoms. The first-order valence-corrected chi connectivity index (χ1v) is 7.46.